The van der Waals surface area contributed by atoms with E-state index in [1.165, 1.54) is 10.6 Å². The fraction of sp³-hybridized carbons (Fsp3) is 0.580. The third-order valence-corrected chi connectivity index (χ3v) is 14.5. The first-order valence-corrected chi connectivity index (χ1v) is 25.6. The van der Waals surface area contributed by atoms with Crippen molar-refractivity contribution in [1.82, 2.24) is 40.0 Å². The summed E-state index contributed by atoms with van der Waals surface area (Å²) in [7, 11) is 3.32. The van der Waals surface area contributed by atoms with Gasteiger partial charge in [-0.3, -0.25) is 24.3 Å². The Morgan fingerprint density at radius 2 is 1.52 bits per heavy atom. The van der Waals surface area contributed by atoms with Crippen molar-refractivity contribution in [3.8, 4) is 17.4 Å². The number of amides is 3. The smallest absolute Gasteiger partial charge is 0.270 e. The summed E-state index contributed by atoms with van der Waals surface area (Å²) >= 11 is 1.65. The average molecular weight is 1010 g/mol. The first kappa shape index (κ1) is 51.9. The number of nitrogens with one attached hydrogen (secondary N) is 2. The van der Waals surface area contributed by atoms with Crippen LogP contribution in [0.4, 0.5) is 8.78 Å². The number of pyridine rings is 1. The van der Waals surface area contributed by atoms with Crippen LogP contribution in [0.1, 0.15) is 68.1 Å². The van der Waals surface area contributed by atoms with Crippen molar-refractivity contribution in [2.75, 3.05) is 99.2 Å². The molecule has 71 heavy (non-hydrogen) atoms. The monoisotopic (exact) mass is 1010 g/mol. The van der Waals surface area contributed by atoms with Gasteiger partial charge in [0, 0.05) is 70.0 Å². The zero-order valence-electron chi connectivity index (χ0n) is 40.8. The van der Waals surface area contributed by atoms with Crippen LogP contribution in [0.3, 0.4) is 0 Å². The van der Waals surface area contributed by atoms with Gasteiger partial charge in [0.15, 0.2) is 17.3 Å². The first-order chi connectivity index (χ1) is 34.6. The van der Waals surface area contributed by atoms with E-state index in [0.717, 1.165) is 85.8 Å². The van der Waals surface area contributed by atoms with Crippen LogP contribution in [-0.2, 0) is 37.4 Å². The lowest BCUT2D eigenvalue weighted by Gasteiger charge is -2.39. The van der Waals surface area contributed by atoms with Gasteiger partial charge in [0.1, 0.15) is 36.8 Å². The molecule has 4 aromatic heterocycles. The Hall–Kier alpha value is -5.45. The van der Waals surface area contributed by atoms with Crippen LogP contribution in [0.5, 0.6) is 17.4 Å². The summed E-state index contributed by atoms with van der Waals surface area (Å²) in [6, 6.07) is 7.23. The highest BCUT2D eigenvalue weighted by Crippen LogP contribution is 2.35. The largest absolute Gasteiger partial charge is 0.489 e. The van der Waals surface area contributed by atoms with Gasteiger partial charge in [-0.2, -0.15) is 4.39 Å². The van der Waals surface area contributed by atoms with Gasteiger partial charge >= 0.3 is 0 Å². The highest BCUT2D eigenvalue weighted by atomic mass is 32.1. The molecule has 1 saturated carbocycles. The normalized spacial score (nSPS) is 17.2. The molecule has 6 heterocycles. The third kappa shape index (κ3) is 13.3. The van der Waals surface area contributed by atoms with Crippen LogP contribution < -0.4 is 24.8 Å². The number of benzene rings is 1. The molecule has 5 aromatic rings. The number of hydrogen-bond donors (Lipinski definition) is 2. The van der Waals surface area contributed by atoms with Crippen molar-refractivity contribution in [2.45, 2.75) is 76.6 Å². The lowest BCUT2D eigenvalue weighted by molar-refractivity contribution is -0.140. The summed E-state index contributed by atoms with van der Waals surface area (Å²) in [6.45, 7) is 7.13. The Balaban J connectivity index is 0.689. The molecular weight excluding hydrogens is 943 g/mol. The van der Waals surface area contributed by atoms with E-state index < -0.39 is 23.7 Å². The minimum absolute atomic E-state index is 0.0554. The fourth-order valence-corrected chi connectivity index (χ4v) is 10.2. The molecule has 1 aromatic carbocycles. The molecule has 2 atom stereocenters. The number of nitrogens with zero attached hydrogens (tertiary/aromatic N) is 6. The van der Waals surface area contributed by atoms with Crippen molar-refractivity contribution in [3.63, 3.8) is 0 Å². The van der Waals surface area contributed by atoms with Gasteiger partial charge in [0.25, 0.3) is 11.8 Å². The zero-order chi connectivity index (χ0) is 49.7. The summed E-state index contributed by atoms with van der Waals surface area (Å²) < 4.78 is 72.8. The standard InChI is InChI=1S/C50H66F2N8O10S/c1-33(53-2)48(61)55-45(34-7-5-4-6-8-34)50(63)60-18-16-59(17-19-60)49(62)41-30-37-40(57(41)3)31-38(51)44(52)46(37)68-27-25-66-23-21-64-20-22-65-24-26-67-43-29-36(70-56-43)32-58-14-10-35(11-15-58)69-42-9-13-54-39-12-28-71-47(39)42/h9,12-13,28-31,33-35,45,53H,4-8,10-11,14-27,32H2,1-3H3,(H,55,61)/t33-,45?/m0/s1. The Labute approximate surface area is 416 Å². The van der Waals surface area contributed by atoms with Crippen molar-refractivity contribution in [2.24, 2.45) is 13.0 Å². The lowest BCUT2D eigenvalue weighted by atomic mass is 9.83. The van der Waals surface area contributed by atoms with E-state index >= 15 is 4.39 Å². The summed E-state index contributed by atoms with van der Waals surface area (Å²) in [5, 5.41) is 12.3. The third-order valence-electron chi connectivity index (χ3n) is 13.6. The van der Waals surface area contributed by atoms with E-state index in [0.29, 0.717) is 57.5 Å². The Morgan fingerprint density at radius 1 is 0.845 bits per heavy atom. The predicted octanol–water partition coefficient (Wildman–Crippen LogP) is 5.56. The number of halogens is 2. The van der Waals surface area contributed by atoms with Crippen molar-refractivity contribution in [3.05, 3.63) is 65.0 Å². The number of carbonyl (C=O) groups excluding carboxylic acids is 3. The maximum absolute atomic E-state index is 15.2. The number of aromatic nitrogens is 3. The molecule has 0 bridgehead atoms. The SMILES string of the molecule is CN[C@@H](C)C(=O)NC(C(=O)N1CCN(C(=O)c2cc3c(OCCOCCOCCOCCOc4cc(CN5CCC(Oc6ccnc7ccsc67)CC5)on4)c(F)c(F)cc3n2C)CC1)C1CCCCC1. The van der Waals surface area contributed by atoms with Gasteiger partial charge in [0.2, 0.25) is 17.6 Å². The van der Waals surface area contributed by atoms with Gasteiger partial charge in [-0.25, -0.2) is 4.39 Å². The highest BCUT2D eigenvalue weighted by molar-refractivity contribution is 7.17. The van der Waals surface area contributed by atoms with E-state index in [-0.39, 0.29) is 86.1 Å². The lowest BCUT2D eigenvalue weighted by Crippen LogP contribution is -2.59. The number of likely N-dealkylation sites (tertiary alicyclic amines) is 1. The number of thiophene rings is 1. The molecule has 2 N–H and O–H groups in total. The van der Waals surface area contributed by atoms with Gasteiger partial charge in [-0.1, -0.05) is 19.3 Å². The Kier molecular flexibility index (Phi) is 18.5. The van der Waals surface area contributed by atoms with E-state index in [4.69, 9.17) is 32.9 Å². The van der Waals surface area contributed by atoms with Gasteiger partial charge in [0.05, 0.1) is 68.0 Å². The molecular formula is C50H66F2N8O10S. The second-order valence-corrected chi connectivity index (χ2v) is 19.2. The second-order valence-electron chi connectivity index (χ2n) is 18.2. The molecule has 8 rings (SSSR count). The van der Waals surface area contributed by atoms with Crippen LogP contribution in [0, 0.1) is 17.6 Å². The van der Waals surface area contributed by atoms with Crippen molar-refractivity contribution in [1.29, 1.82) is 0 Å². The van der Waals surface area contributed by atoms with Gasteiger partial charge in [-0.05, 0) is 74.3 Å². The minimum atomic E-state index is -1.16. The van der Waals surface area contributed by atoms with Crippen LogP contribution in [0.15, 0.2) is 46.4 Å². The molecule has 3 aliphatic rings. The number of fused-ring (bicyclic) bond motifs is 2. The Bertz CT molecular complexity index is 2540. The summed E-state index contributed by atoms with van der Waals surface area (Å²) in [5.41, 5.74) is 1.48. The van der Waals surface area contributed by atoms with E-state index in [1.807, 2.05) is 17.5 Å². The minimum Gasteiger partial charge on any atom is -0.489 e. The average Bonchev–Trinajstić information content (AvgIpc) is 4.15. The van der Waals surface area contributed by atoms with Crippen LogP contribution in [0.25, 0.3) is 21.1 Å². The predicted molar refractivity (Wildman–Crippen MR) is 261 cm³/mol. The highest BCUT2D eigenvalue weighted by Gasteiger charge is 2.37. The van der Waals surface area contributed by atoms with Crippen molar-refractivity contribution >= 4 is 50.2 Å². The molecule has 0 spiro atoms. The van der Waals surface area contributed by atoms with E-state index in [9.17, 15) is 18.8 Å². The number of hydrogen-bond acceptors (Lipinski definition) is 15. The number of carbonyl (C=O) groups is 3. The molecule has 3 fully saturated rings. The van der Waals surface area contributed by atoms with Crippen LogP contribution in [-0.4, -0.2) is 164 Å². The second kappa shape index (κ2) is 25.3. The van der Waals surface area contributed by atoms with Gasteiger partial charge in [-0.15, -0.1) is 11.3 Å². The number of ether oxygens (including phenoxy) is 6. The fourth-order valence-electron chi connectivity index (χ4n) is 9.39. The molecule has 18 nitrogen and oxygen atoms in total. The summed E-state index contributed by atoms with van der Waals surface area (Å²) in [5.74, 6) is -1.17. The molecule has 2 saturated heterocycles. The molecule has 1 aliphatic carbocycles. The van der Waals surface area contributed by atoms with Crippen LogP contribution in [0.2, 0.25) is 0 Å². The quantitative estimate of drug-likeness (QED) is 0.0733. The molecule has 1 unspecified atom stereocenters. The van der Waals surface area contributed by atoms with Gasteiger partial charge < -0.3 is 57.9 Å². The topological polar surface area (TPSA) is 184 Å². The van der Waals surface area contributed by atoms with E-state index in [2.05, 4.69) is 25.7 Å². The summed E-state index contributed by atoms with van der Waals surface area (Å²) in [6.07, 6.45) is 8.67. The maximum Gasteiger partial charge on any atom is 0.270 e. The molecule has 21 heteroatoms. The van der Waals surface area contributed by atoms with Crippen molar-refractivity contribution < 1.29 is 56.1 Å². The number of aryl methyl sites for hydroxylation is 1. The molecule has 386 valence electrons. The van der Waals surface area contributed by atoms with Crippen LogP contribution >= 0.6 is 11.3 Å². The Morgan fingerprint density at radius 3 is 2.23 bits per heavy atom. The number of rotatable bonds is 24. The number of piperazine rings is 1. The number of likely N-dealkylation sites (N-methyl/N-ethyl adjacent to an activating group) is 1. The first-order valence-electron chi connectivity index (χ1n) is 24.8. The maximum atomic E-state index is 15.2. The molecule has 2 aliphatic heterocycles. The summed E-state index contributed by atoms with van der Waals surface area (Å²) in [4.78, 5) is 50.7. The number of piperidine rings is 1. The zero-order valence-corrected chi connectivity index (χ0v) is 41.7. The molecule has 0 radical (unpaired) electrons. The van der Waals surface area contributed by atoms with E-state index in [1.54, 1.807) is 54.4 Å². The molecule has 3 amide bonds.